The first kappa shape index (κ1) is 11.0. The van der Waals surface area contributed by atoms with Crippen LogP contribution in [0.25, 0.3) is 0 Å². The van der Waals surface area contributed by atoms with E-state index < -0.39 is 5.97 Å². The molecule has 0 aliphatic carbocycles. The lowest BCUT2D eigenvalue weighted by molar-refractivity contribution is 0.0596. The largest absolute Gasteiger partial charge is 0.507 e. The molecule has 0 atom stereocenters. The Bertz CT molecular complexity index is 435. The summed E-state index contributed by atoms with van der Waals surface area (Å²) in [6.07, 6.45) is 0. The number of rotatable bonds is 2. The summed E-state index contributed by atoms with van der Waals surface area (Å²) in [6.45, 7) is -0.0122. The maximum absolute atomic E-state index is 11.3. The van der Waals surface area contributed by atoms with Crippen LogP contribution < -0.4 is 5.73 Å². The van der Waals surface area contributed by atoms with Gasteiger partial charge in [0, 0.05) is 12.1 Å². The van der Waals surface area contributed by atoms with E-state index in [0.717, 1.165) is 0 Å². The number of aromatic hydroxyl groups is 1. The molecule has 0 aliphatic heterocycles. The Hall–Kier alpha value is -2.06. The van der Waals surface area contributed by atoms with Gasteiger partial charge in [0.15, 0.2) is 0 Å². The van der Waals surface area contributed by atoms with Gasteiger partial charge in [-0.3, -0.25) is 0 Å². The topological polar surface area (TPSA) is 96.3 Å². The Kier molecular flexibility index (Phi) is 3.26. The van der Waals surface area contributed by atoms with E-state index in [1.165, 1.54) is 19.2 Å². The van der Waals surface area contributed by atoms with Crippen molar-refractivity contribution in [1.82, 2.24) is 0 Å². The number of methoxy groups -OCH3 is 1. The average molecular weight is 206 g/mol. The van der Waals surface area contributed by atoms with Crippen LogP contribution in [-0.4, -0.2) is 18.2 Å². The second kappa shape index (κ2) is 4.44. The zero-order valence-electron chi connectivity index (χ0n) is 8.15. The number of benzene rings is 1. The van der Waals surface area contributed by atoms with Gasteiger partial charge in [-0.2, -0.15) is 5.26 Å². The molecule has 0 aromatic heterocycles. The zero-order chi connectivity index (χ0) is 11.4. The first-order valence-electron chi connectivity index (χ1n) is 4.19. The second-order valence-electron chi connectivity index (χ2n) is 2.79. The second-order valence-corrected chi connectivity index (χ2v) is 2.79. The predicted molar refractivity (Wildman–Crippen MR) is 52.1 cm³/mol. The minimum Gasteiger partial charge on any atom is -0.507 e. The highest BCUT2D eigenvalue weighted by molar-refractivity contribution is 5.94. The van der Waals surface area contributed by atoms with Gasteiger partial charge in [0.05, 0.1) is 18.7 Å². The number of hydrogen-bond acceptors (Lipinski definition) is 5. The van der Waals surface area contributed by atoms with Gasteiger partial charge in [-0.25, -0.2) is 4.79 Å². The van der Waals surface area contributed by atoms with E-state index in [1.54, 1.807) is 0 Å². The Morgan fingerprint density at radius 1 is 1.67 bits per heavy atom. The molecule has 0 radical (unpaired) electrons. The van der Waals surface area contributed by atoms with Crippen molar-refractivity contribution in [2.24, 2.45) is 5.73 Å². The van der Waals surface area contributed by atoms with Gasteiger partial charge >= 0.3 is 5.97 Å². The van der Waals surface area contributed by atoms with Gasteiger partial charge in [0.2, 0.25) is 0 Å². The lowest BCUT2D eigenvalue weighted by Gasteiger charge is -2.09. The molecule has 1 aromatic carbocycles. The molecule has 0 saturated carbocycles. The van der Waals surface area contributed by atoms with Crippen LogP contribution in [0.3, 0.4) is 0 Å². The number of nitrogens with zero attached hydrogens (tertiary/aromatic N) is 1. The summed E-state index contributed by atoms with van der Waals surface area (Å²) in [4.78, 5) is 11.3. The molecular formula is C10H10N2O3. The molecule has 78 valence electrons. The minimum absolute atomic E-state index is 0.0122. The smallest absolute Gasteiger partial charge is 0.342 e. The Morgan fingerprint density at radius 3 is 2.80 bits per heavy atom. The van der Waals surface area contributed by atoms with Crippen LogP contribution in [0, 0.1) is 11.3 Å². The van der Waals surface area contributed by atoms with Crippen molar-refractivity contribution in [2.75, 3.05) is 7.11 Å². The summed E-state index contributed by atoms with van der Waals surface area (Å²) < 4.78 is 4.50. The molecular weight excluding hydrogens is 196 g/mol. The lowest BCUT2D eigenvalue weighted by Crippen LogP contribution is -2.11. The summed E-state index contributed by atoms with van der Waals surface area (Å²) in [7, 11) is 1.20. The monoisotopic (exact) mass is 206 g/mol. The maximum Gasteiger partial charge on any atom is 0.342 e. The van der Waals surface area contributed by atoms with Crippen molar-refractivity contribution >= 4 is 5.97 Å². The van der Waals surface area contributed by atoms with Gasteiger partial charge in [0.1, 0.15) is 11.3 Å². The van der Waals surface area contributed by atoms with Crippen molar-refractivity contribution in [3.63, 3.8) is 0 Å². The number of ether oxygens (including phenoxy) is 1. The normalized spacial score (nSPS) is 9.40. The van der Waals surface area contributed by atoms with E-state index in [2.05, 4.69) is 4.74 Å². The zero-order valence-corrected chi connectivity index (χ0v) is 8.15. The summed E-state index contributed by atoms with van der Waals surface area (Å²) >= 11 is 0. The summed E-state index contributed by atoms with van der Waals surface area (Å²) in [6, 6.07) is 4.57. The van der Waals surface area contributed by atoms with E-state index in [9.17, 15) is 9.90 Å². The quantitative estimate of drug-likeness (QED) is 0.687. The highest BCUT2D eigenvalue weighted by atomic mass is 16.5. The van der Waals surface area contributed by atoms with Gasteiger partial charge in [-0.15, -0.1) is 0 Å². The van der Waals surface area contributed by atoms with Crippen LogP contribution in [0.1, 0.15) is 21.5 Å². The molecule has 15 heavy (non-hydrogen) atoms. The summed E-state index contributed by atoms with van der Waals surface area (Å²) in [5.74, 6) is -0.939. The number of hydrogen-bond donors (Lipinski definition) is 2. The van der Waals surface area contributed by atoms with Crippen LogP contribution in [0.2, 0.25) is 0 Å². The summed E-state index contributed by atoms with van der Waals surface area (Å²) in [5, 5.41) is 18.3. The fraction of sp³-hybridized carbons (Fsp3) is 0.200. The molecule has 0 spiro atoms. The van der Waals surface area contributed by atoms with Gasteiger partial charge in [-0.05, 0) is 12.1 Å². The molecule has 0 aliphatic rings. The van der Waals surface area contributed by atoms with Crippen LogP contribution in [-0.2, 0) is 11.3 Å². The Balaban J connectivity index is 3.47. The van der Waals surface area contributed by atoms with Crippen LogP contribution >= 0.6 is 0 Å². The van der Waals surface area contributed by atoms with E-state index in [1.807, 2.05) is 6.07 Å². The number of carbonyl (C=O) groups excluding carboxylic acids is 1. The molecule has 3 N–H and O–H groups in total. The molecule has 0 heterocycles. The Morgan fingerprint density at radius 2 is 2.33 bits per heavy atom. The number of phenolic OH excluding ortho intramolecular Hbond substituents is 1. The first-order chi connectivity index (χ1) is 7.15. The number of carbonyl (C=O) groups is 1. The van der Waals surface area contributed by atoms with Gasteiger partial charge < -0.3 is 15.6 Å². The number of nitrogens with two attached hydrogens (primary N) is 1. The van der Waals surface area contributed by atoms with Crippen LogP contribution in [0.5, 0.6) is 5.75 Å². The number of esters is 1. The van der Waals surface area contributed by atoms with Crippen molar-refractivity contribution in [1.29, 1.82) is 5.26 Å². The third-order valence-corrected chi connectivity index (χ3v) is 2.01. The molecule has 1 rings (SSSR count). The van der Waals surface area contributed by atoms with Gasteiger partial charge in [0.25, 0.3) is 0 Å². The highest BCUT2D eigenvalue weighted by Crippen LogP contribution is 2.24. The van der Waals surface area contributed by atoms with Crippen LogP contribution in [0.15, 0.2) is 12.1 Å². The standard InChI is InChI=1S/C10H10N2O3/c1-15-10(14)9-7(5-12)6(4-11)2-3-8(9)13/h2-3,13H,5,12H2,1H3. The molecule has 0 bridgehead atoms. The van der Waals surface area contributed by atoms with Crippen molar-refractivity contribution in [3.8, 4) is 11.8 Å². The molecule has 0 amide bonds. The molecule has 1 aromatic rings. The van der Waals surface area contributed by atoms with Gasteiger partial charge in [-0.1, -0.05) is 0 Å². The fourth-order valence-corrected chi connectivity index (χ4v) is 1.28. The molecule has 0 unspecified atom stereocenters. The van der Waals surface area contributed by atoms with Crippen molar-refractivity contribution < 1.29 is 14.6 Å². The highest BCUT2D eigenvalue weighted by Gasteiger charge is 2.19. The SMILES string of the molecule is COC(=O)c1c(O)ccc(C#N)c1CN. The Labute approximate surface area is 86.7 Å². The molecule has 0 saturated heterocycles. The fourth-order valence-electron chi connectivity index (χ4n) is 1.28. The van der Waals surface area contributed by atoms with Crippen molar-refractivity contribution in [3.05, 3.63) is 28.8 Å². The molecule has 5 heteroatoms. The average Bonchev–Trinajstić information content (AvgIpc) is 2.27. The van der Waals surface area contributed by atoms with Crippen molar-refractivity contribution in [2.45, 2.75) is 6.54 Å². The van der Waals surface area contributed by atoms with E-state index in [0.29, 0.717) is 5.56 Å². The molecule has 5 nitrogen and oxygen atoms in total. The van der Waals surface area contributed by atoms with E-state index in [-0.39, 0.29) is 23.4 Å². The third-order valence-electron chi connectivity index (χ3n) is 2.01. The summed E-state index contributed by atoms with van der Waals surface area (Å²) in [5.41, 5.74) is 5.93. The lowest BCUT2D eigenvalue weighted by atomic mass is 10.0. The maximum atomic E-state index is 11.3. The van der Waals surface area contributed by atoms with E-state index >= 15 is 0 Å². The predicted octanol–water partition coefficient (Wildman–Crippen LogP) is 0.509. The van der Waals surface area contributed by atoms with E-state index in [4.69, 9.17) is 11.0 Å². The molecule has 0 fully saturated rings. The first-order valence-corrected chi connectivity index (χ1v) is 4.19. The number of phenols is 1. The third kappa shape index (κ3) is 1.90. The number of nitriles is 1. The van der Waals surface area contributed by atoms with Crippen LogP contribution in [0.4, 0.5) is 0 Å². The minimum atomic E-state index is -0.704.